The zero-order valence-electron chi connectivity index (χ0n) is 19.2. The molecule has 32 heavy (non-hydrogen) atoms. The van der Waals surface area contributed by atoms with Crippen LogP contribution in [0, 0.1) is 0 Å². The zero-order valence-corrected chi connectivity index (χ0v) is 22.3. The largest absolute Gasteiger partial charge is 1.00 e. The van der Waals surface area contributed by atoms with Crippen molar-refractivity contribution >= 4 is 11.4 Å². The highest BCUT2D eigenvalue weighted by atomic mass is 79.9. The van der Waals surface area contributed by atoms with Gasteiger partial charge in [0, 0.05) is 51.0 Å². The molecule has 2 heterocycles. The lowest BCUT2D eigenvalue weighted by atomic mass is 9.90. The summed E-state index contributed by atoms with van der Waals surface area (Å²) in [5.74, 6) is 0. The van der Waals surface area contributed by atoms with Crippen LogP contribution in [0.1, 0.15) is 35.1 Å². The number of hydrogen-bond acceptors (Lipinski definition) is 2. The summed E-state index contributed by atoms with van der Waals surface area (Å²) in [6.07, 6.45) is 4.33. The van der Waals surface area contributed by atoms with E-state index in [1.54, 1.807) is 14.2 Å². The summed E-state index contributed by atoms with van der Waals surface area (Å²) in [5.41, 5.74) is 8.74. The Bertz CT molecular complexity index is 879. The molecule has 0 amide bonds. The molecule has 2 aliphatic rings. The Morgan fingerprint density at radius 2 is 1.06 bits per heavy atom. The molecule has 0 aromatic heterocycles. The van der Waals surface area contributed by atoms with Crippen LogP contribution in [0.4, 0.5) is 0 Å². The Labute approximate surface area is 213 Å². The van der Waals surface area contributed by atoms with Crippen molar-refractivity contribution in [2.75, 3.05) is 53.6 Å². The number of ether oxygens (including phenoxy) is 2. The lowest BCUT2D eigenvalue weighted by Crippen LogP contribution is -3.00. The Morgan fingerprint density at radius 1 is 0.656 bits per heavy atom. The second-order valence-corrected chi connectivity index (χ2v) is 8.17. The molecular weight excluding hydrogens is 532 g/mol. The monoisotopic (exact) mass is 564 g/mol. The summed E-state index contributed by atoms with van der Waals surface area (Å²) >= 11 is 0. The Morgan fingerprint density at radius 3 is 1.47 bits per heavy atom. The third-order valence-electron chi connectivity index (χ3n) is 6.45. The third-order valence-corrected chi connectivity index (χ3v) is 6.45. The normalized spacial score (nSPS) is 14.9. The Kier molecular flexibility index (Phi) is 11.3. The van der Waals surface area contributed by atoms with Crippen molar-refractivity contribution in [3.63, 3.8) is 0 Å². The topological polar surface area (TPSA) is 24.5 Å². The first kappa shape index (κ1) is 26.9. The fourth-order valence-corrected chi connectivity index (χ4v) is 4.88. The number of halogens is 2. The van der Waals surface area contributed by atoms with Crippen molar-refractivity contribution in [3.8, 4) is 0 Å². The van der Waals surface area contributed by atoms with Gasteiger partial charge in [-0.1, -0.05) is 36.4 Å². The standard InChI is InChI=1S/C26H34N2O2.2BrH/c1-29-19-17-27-15-13-21-7-3-5-9-23(21)25(27)11-12-26-24-10-6-4-8-22(24)14-16-28(26)18-20-30-2;;/h3-10H,11-20H2,1-2H3;2*1H/q+2;;/p-2. The molecule has 4 rings (SSSR count). The van der Waals surface area contributed by atoms with E-state index in [2.05, 4.69) is 57.7 Å². The van der Waals surface area contributed by atoms with E-state index >= 15 is 0 Å². The molecule has 0 saturated carbocycles. The van der Waals surface area contributed by atoms with Gasteiger partial charge in [-0.15, -0.1) is 0 Å². The number of methoxy groups -OCH3 is 2. The minimum atomic E-state index is 0. The fraction of sp³-hybridized carbons (Fsp3) is 0.462. The predicted octanol–water partition coefficient (Wildman–Crippen LogP) is -2.82. The maximum absolute atomic E-state index is 5.40. The molecule has 4 nitrogen and oxygen atoms in total. The van der Waals surface area contributed by atoms with Gasteiger partial charge in [0.05, 0.1) is 0 Å². The maximum Gasteiger partial charge on any atom is 0.184 e. The van der Waals surface area contributed by atoms with E-state index in [1.165, 1.54) is 33.7 Å². The molecule has 0 spiro atoms. The number of fused-ring (bicyclic) bond motifs is 2. The van der Waals surface area contributed by atoms with Crippen LogP contribution in [0.2, 0.25) is 0 Å². The van der Waals surface area contributed by atoms with E-state index in [0.717, 1.165) is 65.1 Å². The van der Waals surface area contributed by atoms with Gasteiger partial charge in [-0.3, -0.25) is 0 Å². The van der Waals surface area contributed by atoms with E-state index in [0.29, 0.717) is 0 Å². The van der Waals surface area contributed by atoms with Crippen molar-refractivity contribution in [1.82, 2.24) is 0 Å². The average Bonchev–Trinajstić information content (AvgIpc) is 2.80. The molecule has 0 saturated heterocycles. The summed E-state index contributed by atoms with van der Waals surface area (Å²) in [6.45, 7) is 5.61. The van der Waals surface area contributed by atoms with Crippen molar-refractivity contribution in [1.29, 1.82) is 0 Å². The number of rotatable bonds is 9. The lowest BCUT2D eigenvalue weighted by molar-refractivity contribution is -0.534. The van der Waals surface area contributed by atoms with Gasteiger partial charge in [0.15, 0.2) is 24.5 Å². The van der Waals surface area contributed by atoms with Crippen LogP contribution in [0.5, 0.6) is 0 Å². The summed E-state index contributed by atoms with van der Waals surface area (Å²) in [7, 11) is 3.58. The van der Waals surface area contributed by atoms with Crippen LogP contribution in [-0.2, 0) is 22.3 Å². The van der Waals surface area contributed by atoms with Gasteiger partial charge in [-0.05, 0) is 23.3 Å². The maximum atomic E-state index is 5.40. The highest BCUT2D eigenvalue weighted by Gasteiger charge is 2.29. The molecule has 0 aliphatic carbocycles. The number of benzene rings is 2. The molecule has 0 bridgehead atoms. The Balaban J connectivity index is 0.00000181. The smallest absolute Gasteiger partial charge is 0.184 e. The second-order valence-electron chi connectivity index (χ2n) is 8.17. The molecule has 2 aromatic rings. The molecule has 0 radical (unpaired) electrons. The summed E-state index contributed by atoms with van der Waals surface area (Å²) in [5, 5.41) is 0. The number of nitrogens with zero attached hydrogens (tertiary/aromatic N) is 2. The second kappa shape index (κ2) is 13.4. The highest BCUT2D eigenvalue weighted by Crippen LogP contribution is 2.22. The van der Waals surface area contributed by atoms with Gasteiger partial charge in [-0.25, -0.2) is 9.15 Å². The summed E-state index contributed by atoms with van der Waals surface area (Å²) in [4.78, 5) is 0. The Hall–Kier alpha value is -1.34. The van der Waals surface area contributed by atoms with Gasteiger partial charge in [0.2, 0.25) is 0 Å². The summed E-state index contributed by atoms with van der Waals surface area (Å²) < 4.78 is 15.9. The molecule has 0 fully saturated rings. The fourth-order valence-electron chi connectivity index (χ4n) is 4.88. The highest BCUT2D eigenvalue weighted by molar-refractivity contribution is 6.04. The predicted molar refractivity (Wildman–Crippen MR) is 121 cm³/mol. The molecule has 0 unspecified atom stereocenters. The van der Waals surface area contributed by atoms with Crippen LogP contribution in [0.3, 0.4) is 0 Å². The third kappa shape index (κ3) is 6.16. The molecule has 2 aliphatic heterocycles. The van der Waals surface area contributed by atoms with Crippen molar-refractivity contribution in [2.24, 2.45) is 0 Å². The lowest BCUT2D eigenvalue weighted by Gasteiger charge is -2.21. The van der Waals surface area contributed by atoms with Crippen LogP contribution < -0.4 is 34.0 Å². The van der Waals surface area contributed by atoms with E-state index in [-0.39, 0.29) is 34.0 Å². The van der Waals surface area contributed by atoms with E-state index in [4.69, 9.17) is 9.47 Å². The van der Waals surface area contributed by atoms with Crippen LogP contribution in [-0.4, -0.2) is 74.2 Å². The minimum absolute atomic E-state index is 0. The van der Waals surface area contributed by atoms with Crippen LogP contribution >= 0.6 is 0 Å². The van der Waals surface area contributed by atoms with Gasteiger partial charge in [-0.2, -0.15) is 0 Å². The SMILES string of the molecule is COCC[N+]1=C(CCC2=[N+](CCOC)CCc3ccccc32)c2ccccc2CC1.[Br-].[Br-]. The zero-order chi connectivity index (χ0) is 20.8. The molecular formula is C26H34Br2N2O2. The number of hydrogen-bond donors (Lipinski definition) is 0. The van der Waals surface area contributed by atoms with Crippen LogP contribution in [0.25, 0.3) is 0 Å². The molecule has 0 N–H and O–H groups in total. The van der Waals surface area contributed by atoms with Gasteiger partial charge < -0.3 is 43.4 Å². The van der Waals surface area contributed by atoms with Gasteiger partial charge in [0.1, 0.15) is 26.3 Å². The average molecular weight is 566 g/mol. The van der Waals surface area contributed by atoms with E-state index in [1.807, 2.05) is 0 Å². The molecule has 0 atom stereocenters. The van der Waals surface area contributed by atoms with E-state index < -0.39 is 0 Å². The summed E-state index contributed by atoms with van der Waals surface area (Å²) in [6, 6.07) is 17.9. The first-order valence-electron chi connectivity index (χ1n) is 11.2. The van der Waals surface area contributed by atoms with Crippen molar-refractivity contribution in [3.05, 3.63) is 70.8 Å². The quantitative estimate of drug-likeness (QED) is 0.307. The molecule has 2 aromatic carbocycles. The first-order valence-corrected chi connectivity index (χ1v) is 11.2. The van der Waals surface area contributed by atoms with Crippen molar-refractivity contribution < 1.29 is 52.6 Å². The van der Waals surface area contributed by atoms with Gasteiger partial charge >= 0.3 is 0 Å². The first-order chi connectivity index (χ1) is 14.8. The van der Waals surface area contributed by atoms with Gasteiger partial charge in [0.25, 0.3) is 0 Å². The minimum Gasteiger partial charge on any atom is -1.00 e. The molecule has 6 heteroatoms. The van der Waals surface area contributed by atoms with Crippen LogP contribution in [0.15, 0.2) is 48.5 Å². The van der Waals surface area contributed by atoms with Crippen molar-refractivity contribution in [2.45, 2.75) is 25.7 Å². The van der Waals surface area contributed by atoms with E-state index in [9.17, 15) is 0 Å². The molecule has 174 valence electrons.